The van der Waals surface area contributed by atoms with E-state index in [1.165, 1.54) is 0 Å². The van der Waals surface area contributed by atoms with Crippen LogP contribution in [0.4, 0.5) is 5.69 Å². The predicted octanol–water partition coefficient (Wildman–Crippen LogP) is 8.20. The van der Waals surface area contributed by atoms with Gasteiger partial charge in [-0.25, -0.2) is 0 Å². The molecule has 0 aliphatic carbocycles. The minimum absolute atomic E-state index is 0.121. The molecule has 4 rings (SSSR count). The molecule has 0 saturated heterocycles. The lowest BCUT2D eigenvalue weighted by Gasteiger charge is -2.31. The summed E-state index contributed by atoms with van der Waals surface area (Å²) in [6.45, 7) is 1.26. The third kappa shape index (κ3) is 7.70. The smallest absolute Gasteiger partial charge is 0.226 e. The number of amides is 1. The van der Waals surface area contributed by atoms with Crippen molar-refractivity contribution in [3.8, 4) is 0 Å². The van der Waals surface area contributed by atoms with Gasteiger partial charge in [-0.15, -0.1) is 0 Å². The van der Waals surface area contributed by atoms with Crippen molar-refractivity contribution in [1.29, 1.82) is 0 Å². The highest BCUT2D eigenvalue weighted by Gasteiger charge is 2.29. The van der Waals surface area contributed by atoms with Crippen LogP contribution in [0.2, 0.25) is 20.1 Å². The number of ether oxygens (including phenoxy) is 1. The molecule has 3 aromatic rings. The number of benzene rings is 3. The van der Waals surface area contributed by atoms with E-state index in [0.717, 1.165) is 11.1 Å². The average molecular weight is 600 g/mol. The first-order valence-electron chi connectivity index (χ1n) is 11.5. The molecule has 2 unspecified atom stereocenters. The number of carbonyl (C=O) groups is 1. The number of halogens is 5. The van der Waals surface area contributed by atoms with Gasteiger partial charge in [-0.3, -0.25) is 4.79 Å². The van der Waals surface area contributed by atoms with E-state index in [4.69, 9.17) is 62.7 Å². The first kappa shape index (κ1) is 27.9. The number of hydrogen-bond donors (Lipinski definition) is 1. The fourth-order valence-electron chi connectivity index (χ4n) is 3.79. The first-order chi connectivity index (χ1) is 17.8. The lowest BCUT2D eigenvalue weighted by Crippen LogP contribution is -2.36. The molecule has 0 bridgehead atoms. The molecule has 1 aliphatic heterocycles. The Kier molecular flexibility index (Phi) is 9.88. The average Bonchev–Trinajstić information content (AvgIpc) is 3.35. The largest absolute Gasteiger partial charge is 0.365 e. The molecule has 0 saturated carbocycles. The topological polar surface area (TPSA) is 44.8 Å². The number of nitrogens with zero attached hydrogens (tertiary/aromatic N) is 2. The molecular weight excluding hydrogens is 576 g/mol. The van der Waals surface area contributed by atoms with Crippen LogP contribution in [0.25, 0.3) is 0 Å². The van der Waals surface area contributed by atoms with Crippen molar-refractivity contribution in [1.82, 2.24) is 9.80 Å². The van der Waals surface area contributed by atoms with E-state index in [0.29, 0.717) is 45.4 Å². The Morgan fingerprint density at radius 1 is 0.919 bits per heavy atom. The van der Waals surface area contributed by atoms with Crippen molar-refractivity contribution < 1.29 is 9.53 Å². The number of anilines is 1. The van der Waals surface area contributed by atoms with Gasteiger partial charge in [0.15, 0.2) is 0 Å². The van der Waals surface area contributed by atoms with Crippen LogP contribution in [0.1, 0.15) is 23.7 Å². The molecule has 1 heterocycles. The summed E-state index contributed by atoms with van der Waals surface area (Å²) in [4.78, 5) is 16.4. The molecule has 0 fully saturated rings. The summed E-state index contributed by atoms with van der Waals surface area (Å²) >= 11 is 31.5. The molecule has 1 aliphatic rings. The SMILES string of the molecule is O=C(CCN1C=CN(C(Cl)C(OCc2ccc(Cl)cc2Cl)c2ccc(Cl)cc2)C1)Nc1ccccc1Cl. The fourth-order valence-corrected chi connectivity index (χ4v) is 4.91. The van der Waals surface area contributed by atoms with Gasteiger partial charge in [0, 0.05) is 40.4 Å². The maximum Gasteiger partial charge on any atom is 0.226 e. The first-order valence-corrected chi connectivity index (χ1v) is 13.4. The normalized spacial score (nSPS) is 14.6. The summed E-state index contributed by atoms with van der Waals surface area (Å²) in [6, 6.07) is 19.8. The van der Waals surface area contributed by atoms with Gasteiger partial charge >= 0.3 is 0 Å². The highest BCUT2D eigenvalue weighted by Crippen LogP contribution is 2.33. The third-order valence-corrected chi connectivity index (χ3v) is 7.43. The Bertz CT molecular complexity index is 1260. The number of rotatable bonds is 10. The van der Waals surface area contributed by atoms with Gasteiger partial charge in [0.05, 0.1) is 24.0 Å². The van der Waals surface area contributed by atoms with E-state index >= 15 is 0 Å². The van der Waals surface area contributed by atoms with E-state index in [1.807, 2.05) is 52.5 Å². The molecule has 2 atom stereocenters. The van der Waals surface area contributed by atoms with Gasteiger partial charge in [-0.05, 0) is 47.5 Å². The van der Waals surface area contributed by atoms with Crippen LogP contribution in [-0.4, -0.2) is 34.4 Å². The zero-order valence-electron chi connectivity index (χ0n) is 19.6. The quantitative estimate of drug-likeness (QED) is 0.189. The van der Waals surface area contributed by atoms with Crippen LogP contribution in [-0.2, 0) is 16.1 Å². The lowest BCUT2D eigenvalue weighted by atomic mass is 10.1. The fraction of sp³-hybridized carbons (Fsp3) is 0.222. The van der Waals surface area contributed by atoms with Gasteiger partial charge in [0.2, 0.25) is 5.91 Å². The standard InChI is InChI=1S/C27H24Cl5N3O2/c28-20-8-5-18(6-9-20)26(37-16-19-7-10-21(29)15-23(19)31)27(32)35-14-13-34(17-35)12-11-25(36)33-24-4-2-1-3-22(24)30/h1-10,13-15,26-27H,11-12,16-17H2,(H,33,36). The summed E-state index contributed by atoms with van der Waals surface area (Å²) in [5.41, 5.74) is 1.74. The lowest BCUT2D eigenvalue weighted by molar-refractivity contribution is -0.116. The van der Waals surface area contributed by atoms with Gasteiger partial charge in [-0.2, -0.15) is 0 Å². The number of carbonyl (C=O) groups excluding carboxylic acids is 1. The third-order valence-electron chi connectivity index (χ3n) is 5.79. The van der Waals surface area contributed by atoms with Crippen molar-refractivity contribution >= 4 is 69.6 Å². The van der Waals surface area contributed by atoms with Crippen molar-refractivity contribution in [2.45, 2.75) is 24.6 Å². The summed E-state index contributed by atoms with van der Waals surface area (Å²) in [7, 11) is 0. The number of nitrogens with one attached hydrogen (secondary N) is 1. The molecule has 0 spiro atoms. The van der Waals surface area contributed by atoms with Crippen LogP contribution in [0.15, 0.2) is 79.1 Å². The Balaban J connectivity index is 1.37. The van der Waals surface area contributed by atoms with Gasteiger partial charge < -0.3 is 19.9 Å². The van der Waals surface area contributed by atoms with Crippen molar-refractivity contribution in [2.24, 2.45) is 0 Å². The van der Waals surface area contributed by atoms with E-state index < -0.39 is 11.6 Å². The van der Waals surface area contributed by atoms with E-state index in [-0.39, 0.29) is 12.5 Å². The molecule has 1 N–H and O–H groups in total. The molecule has 194 valence electrons. The number of alkyl halides is 1. The second-order valence-corrected chi connectivity index (χ2v) is 10.6. The highest BCUT2D eigenvalue weighted by atomic mass is 35.5. The van der Waals surface area contributed by atoms with Crippen LogP contribution in [0.5, 0.6) is 0 Å². The molecule has 3 aromatic carbocycles. The maximum absolute atomic E-state index is 12.4. The van der Waals surface area contributed by atoms with E-state index in [2.05, 4.69) is 5.32 Å². The second-order valence-electron chi connectivity index (χ2n) is 8.44. The van der Waals surface area contributed by atoms with Gasteiger partial charge in [0.1, 0.15) is 11.6 Å². The van der Waals surface area contributed by atoms with Crippen LogP contribution < -0.4 is 5.32 Å². The summed E-state index contributed by atoms with van der Waals surface area (Å²) < 4.78 is 6.29. The van der Waals surface area contributed by atoms with Crippen molar-refractivity contribution in [2.75, 3.05) is 18.5 Å². The minimum Gasteiger partial charge on any atom is -0.365 e. The zero-order valence-corrected chi connectivity index (χ0v) is 23.4. The zero-order chi connectivity index (χ0) is 26.4. The summed E-state index contributed by atoms with van der Waals surface area (Å²) in [5.74, 6) is -0.121. The molecule has 37 heavy (non-hydrogen) atoms. The molecule has 1 amide bonds. The number of hydrogen-bond acceptors (Lipinski definition) is 4. The molecule has 0 radical (unpaired) electrons. The van der Waals surface area contributed by atoms with E-state index in [1.54, 1.807) is 36.4 Å². The Labute approximate surface area is 241 Å². The maximum atomic E-state index is 12.4. The minimum atomic E-state index is -0.537. The van der Waals surface area contributed by atoms with E-state index in [9.17, 15) is 4.79 Å². The Morgan fingerprint density at radius 3 is 2.38 bits per heavy atom. The predicted molar refractivity (Wildman–Crippen MR) is 152 cm³/mol. The molecule has 5 nitrogen and oxygen atoms in total. The van der Waals surface area contributed by atoms with Crippen LogP contribution >= 0.6 is 58.0 Å². The molecular formula is C27H24Cl5N3O2. The van der Waals surface area contributed by atoms with Gasteiger partial charge in [-0.1, -0.05) is 88.3 Å². The monoisotopic (exact) mass is 597 g/mol. The summed E-state index contributed by atoms with van der Waals surface area (Å²) in [5, 5.41) is 5.04. The second kappa shape index (κ2) is 13.1. The summed E-state index contributed by atoms with van der Waals surface area (Å²) in [6.07, 6.45) is 3.61. The Morgan fingerprint density at radius 2 is 1.65 bits per heavy atom. The molecule has 0 aromatic heterocycles. The highest BCUT2D eigenvalue weighted by molar-refractivity contribution is 6.35. The number of para-hydroxylation sites is 1. The molecule has 10 heteroatoms. The van der Waals surface area contributed by atoms with Crippen molar-refractivity contribution in [3.63, 3.8) is 0 Å². The van der Waals surface area contributed by atoms with Gasteiger partial charge in [0.25, 0.3) is 0 Å². The van der Waals surface area contributed by atoms with Crippen molar-refractivity contribution in [3.05, 3.63) is 110 Å². The Hall–Kier alpha value is -2.12. The van der Waals surface area contributed by atoms with Crippen LogP contribution in [0, 0.1) is 0 Å². The van der Waals surface area contributed by atoms with Crippen LogP contribution in [0.3, 0.4) is 0 Å².